The molecule has 116 valence electrons. The predicted molar refractivity (Wildman–Crippen MR) is 92.1 cm³/mol. The molecule has 0 aliphatic carbocycles. The van der Waals surface area contributed by atoms with Crippen LogP contribution in [0.4, 0.5) is 0 Å². The van der Waals surface area contributed by atoms with E-state index in [1.165, 1.54) is 6.33 Å². The Kier molecular flexibility index (Phi) is 4.24. The van der Waals surface area contributed by atoms with E-state index in [1.54, 1.807) is 7.11 Å². The zero-order valence-electron chi connectivity index (χ0n) is 13.4. The normalized spacial score (nSPS) is 11.1. The van der Waals surface area contributed by atoms with Crippen LogP contribution in [0.1, 0.15) is 18.1 Å². The van der Waals surface area contributed by atoms with Gasteiger partial charge in [-0.1, -0.05) is 30.4 Å². The number of benzene rings is 2. The van der Waals surface area contributed by atoms with Crippen molar-refractivity contribution in [3.63, 3.8) is 0 Å². The average Bonchev–Trinajstić information content (AvgIpc) is 2.57. The van der Waals surface area contributed by atoms with Crippen LogP contribution in [-0.4, -0.2) is 17.1 Å². The van der Waals surface area contributed by atoms with Crippen molar-refractivity contribution in [3.05, 3.63) is 59.9 Å². The van der Waals surface area contributed by atoms with Crippen LogP contribution in [0, 0.1) is 6.92 Å². The first-order valence-corrected chi connectivity index (χ1v) is 7.42. The number of ether oxygens (including phenoxy) is 2. The molecule has 0 aliphatic rings. The number of allylic oxidation sites excluding steroid dienone is 1. The Labute approximate surface area is 135 Å². The Balaban J connectivity index is 2.06. The van der Waals surface area contributed by atoms with E-state index in [0.717, 1.165) is 22.0 Å². The molecule has 2 aromatic carbocycles. The van der Waals surface area contributed by atoms with Crippen molar-refractivity contribution in [1.29, 1.82) is 0 Å². The Morgan fingerprint density at radius 3 is 2.70 bits per heavy atom. The maximum Gasteiger partial charge on any atom is 0.230 e. The van der Waals surface area contributed by atoms with Gasteiger partial charge in [0.2, 0.25) is 5.88 Å². The average molecular weight is 306 g/mol. The molecule has 4 nitrogen and oxygen atoms in total. The molecule has 4 heteroatoms. The summed E-state index contributed by atoms with van der Waals surface area (Å²) in [7, 11) is 1.63. The van der Waals surface area contributed by atoms with Crippen molar-refractivity contribution in [1.82, 2.24) is 9.97 Å². The van der Waals surface area contributed by atoms with Gasteiger partial charge < -0.3 is 9.47 Å². The van der Waals surface area contributed by atoms with Gasteiger partial charge >= 0.3 is 0 Å². The lowest BCUT2D eigenvalue weighted by molar-refractivity contribution is 0.375. The van der Waals surface area contributed by atoms with Crippen molar-refractivity contribution >= 4 is 17.0 Å². The minimum atomic E-state index is 0.533. The van der Waals surface area contributed by atoms with E-state index in [1.807, 2.05) is 62.4 Å². The SMILES string of the molecule is C/C=C/c1ccc(Oc2ncnc3cccc(C)c23)c(OC)c1. The van der Waals surface area contributed by atoms with E-state index in [2.05, 4.69) is 9.97 Å². The van der Waals surface area contributed by atoms with Gasteiger partial charge in [-0.05, 0) is 43.2 Å². The molecular formula is C19H18N2O2. The molecule has 1 aromatic heterocycles. The third kappa shape index (κ3) is 3.01. The van der Waals surface area contributed by atoms with Crippen LogP contribution in [0.25, 0.3) is 17.0 Å². The largest absolute Gasteiger partial charge is 0.493 e. The van der Waals surface area contributed by atoms with E-state index in [-0.39, 0.29) is 0 Å². The van der Waals surface area contributed by atoms with Crippen molar-refractivity contribution in [2.45, 2.75) is 13.8 Å². The van der Waals surface area contributed by atoms with Gasteiger partial charge in [0.15, 0.2) is 11.5 Å². The van der Waals surface area contributed by atoms with E-state index >= 15 is 0 Å². The third-order valence-corrected chi connectivity index (χ3v) is 3.59. The Morgan fingerprint density at radius 1 is 1.04 bits per heavy atom. The monoisotopic (exact) mass is 306 g/mol. The molecule has 0 atom stereocenters. The van der Waals surface area contributed by atoms with E-state index in [0.29, 0.717) is 17.4 Å². The van der Waals surface area contributed by atoms with Crippen LogP contribution >= 0.6 is 0 Å². The second-order valence-electron chi connectivity index (χ2n) is 5.16. The minimum Gasteiger partial charge on any atom is -0.493 e. The van der Waals surface area contributed by atoms with Gasteiger partial charge in [-0.2, -0.15) is 0 Å². The van der Waals surface area contributed by atoms with Gasteiger partial charge in [0, 0.05) is 0 Å². The van der Waals surface area contributed by atoms with Crippen LogP contribution in [0.2, 0.25) is 0 Å². The lowest BCUT2D eigenvalue weighted by atomic mass is 10.1. The van der Waals surface area contributed by atoms with Crippen molar-refractivity contribution in [2.24, 2.45) is 0 Å². The first-order valence-electron chi connectivity index (χ1n) is 7.42. The second-order valence-corrected chi connectivity index (χ2v) is 5.16. The van der Waals surface area contributed by atoms with Crippen LogP contribution in [0.15, 0.2) is 48.8 Å². The molecule has 0 aliphatic heterocycles. The maximum atomic E-state index is 6.03. The summed E-state index contributed by atoms with van der Waals surface area (Å²) in [6, 6.07) is 11.7. The molecule has 23 heavy (non-hydrogen) atoms. The van der Waals surface area contributed by atoms with Crippen molar-refractivity contribution in [2.75, 3.05) is 7.11 Å². The number of fused-ring (bicyclic) bond motifs is 1. The highest BCUT2D eigenvalue weighted by Gasteiger charge is 2.12. The molecule has 0 fully saturated rings. The van der Waals surface area contributed by atoms with E-state index < -0.39 is 0 Å². The summed E-state index contributed by atoms with van der Waals surface area (Å²) in [5.41, 5.74) is 2.99. The smallest absolute Gasteiger partial charge is 0.230 e. The molecule has 0 bridgehead atoms. The Morgan fingerprint density at radius 2 is 1.91 bits per heavy atom. The van der Waals surface area contributed by atoms with Gasteiger partial charge in [-0.15, -0.1) is 0 Å². The number of nitrogens with zero attached hydrogens (tertiary/aromatic N) is 2. The lowest BCUT2D eigenvalue weighted by Gasteiger charge is -2.12. The molecule has 0 radical (unpaired) electrons. The predicted octanol–water partition coefficient (Wildman–Crippen LogP) is 4.77. The fourth-order valence-electron chi connectivity index (χ4n) is 2.49. The first-order chi connectivity index (χ1) is 11.2. The van der Waals surface area contributed by atoms with Crippen molar-refractivity contribution < 1.29 is 9.47 Å². The van der Waals surface area contributed by atoms with E-state index in [4.69, 9.17) is 9.47 Å². The number of methoxy groups -OCH3 is 1. The van der Waals surface area contributed by atoms with Gasteiger partial charge in [0.25, 0.3) is 0 Å². The standard InChI is InChI=1S/C19H18N2O2/c1-4-6-14-9-10-16(17(11-14)22-3)23-19-18-13(2)7-5-8-15(18)20-12-21-19/h4-12H,1-3H3/b6-4+. The van der Waals surface area contributed by atoms with Gasteiger partial charge in [-0.25, -0.2) is 9.97 Å². The molecule has 0 saturated carbocycles. The quantitative estimate of drug-likeness (QED) is 0.696. The second kappa shape index (κ2) is 6.48. The molecule has 0 N–H and O–H groups in total. The van der Waals surface area contributed by atoms with Crippen LogP contribution in [0.3, 0.4) is 0 Å². The Bertz CT molecular complexity index is 867. The first kappa shape index (κ1) is 15.0. The zero-order valence-corrected chi connectivity index (χ0v) is 13.4. The molecule has 0 saturated heterocycles. The summed E-state index contributed by atoms with van der Waals surface area (Å²) in [5, 5.41) is 0.912. The lowest BCUT2D eigenvalue weighted by Crippen LogP contribution is -1.95. The highest BCUT2D eigenvalue weighted by molar-refractivity contribution is 5.86. The fourth-order valence-corrected chi connectivity index (χ4v) is 2.49. The van der Waals surface area contributed by atoms with Gasteiger partial charge in [0.05, 0.1) is 18.0 Å². The minimum absolute atomic E-state index is 0.533. The summed E-state index contributed by atoms with van der Waals surface area (Å²) in [4.78, 5) is 8.59. The summed E-state index contributed by atoms with van der Waals surface area (Å²) in [6.07, 6.45) is 5.50. The van der Waals surface area contributed by atoms with Crippen LogP contribution < -0.4 is 9.47 Å². The van der Waals surface area contributed by atoms with Crippen molar-refractivity contribution in [3.8, 4) is 17.4 Å². The number of aryl methyl sites for hydroxylation is 1. The van der Waals surface area contributed by atoms with Gasteiger partial charge in [0.1, 0.15) is 6.33 Å². The van der Waals surface area contributed by atoms with Crippen LogP contribution in [-0.2, 0) is 0 Å². The van der Waals surface area contributed by atoms with Gasteiger partial charge in [-0.3, -0.25) is 0 Å². The molecule has 0 amide bonds. The highest BCUT2D eigenvalue weighted by atomic mass is 16.5. The molecule has 1 heterocycles. The fraction of sp³-hybridized carbons (Fsp3) is 0.158. The molecule has 3 aromatic rings. The van der Waals surface area contributed by atoms with Crippen LogP contribution in [0.5, 0.6) is 17.4 Å². The molecule has 0 unspecified atom stereocenters. The molecule has 3 rings (SSSR count). The number of hydrogen-bond acceptors (Lipinski definition) is 4. The number of hydrogen-bond donors (Lipinski definition) is 0. The third-order valence-electron chi connectivity index (χ3n) is 3.59. The molecule has 0 spiro atoms. The van der Waals surface area contributed by atoms with E-state index in [9.17, 15) is 0 Å². The maximum absolute atomic E-state index is 6.03. The summed E-state index contributed by atoms with van der Waals surface area (Å²) < 4.78 is 11.5. The summed E-state index contributed by atoms with van der Waals surface area (Å²) in [5.74, 6) is 1.83. The zero-order chi connectivity index (χ0) is 16.2. The highest BCUT2D eigenvalue weighted by Crippen LogP contribution is 2.35. The molecular weight excluding hydrogens is 288 g/mol. The summed E-state index contributed by atoms with van der Waals surface area (Å²) in [6.45, 7) is 4.00. The number of rotatable bonds is 4. The number of aromatic nitrogens is 2. The Hall–Kier alpha value is -2.88. The topological polar surface area (TPSA) is 44.2 Å². The summed E-state index contributed by atoms with van der Waals surface area (Å²) >= 11 is 0.